The van der Waals surface area contributed by atoms with E-state index in [1.54, 1.807) is 5.57 Å². The lowest BCUT2D eigenvalue weighted by Gasteiger charge is -2.44. The van der Waals surface area contributed by atoms with Crippen LogP contribution in [0.4, 0.5) is 0 Å². The molecule has 2 nitrogen and oxygen atoms in total. The number of rotatable bonds is 6. The number of hydrogen-bond acceptors (Lipinski definition) is 2. The van der Waals surface area contributed by atoms with Crippen molar-refractivity contribution in [2.75, 3.05) is 0 Å². The van der Waals surface area contributed by atoms with Crippen LogP contribution in [0.15, 0.2) is 47.6 Å². The Morgan fingerprint density at radius 2 is 1.87 bits per heavy atom. The highest BCUT2D eigenvalue weighted by Crippen LogP contribution is 2.59. The fourth-order valence-corrected chi connectivity index (χ4v) is 6.43. The standard InChI is InChI=1S/C28H44O2/c1-6-19(2)26(29)17-12-20(3)24-15-16-25-23(10-8-18-28(24,25)5)14-13-22-9-7-11-27(30)21(22)4/h12-14,17,19-20,24-27,29-30H,4,6-11,15-16,18H2,1-3,5H3/b17-12+,22-13-,23-14+/t19?,20-,24?,25?,26?,27?,28?/m1/s1. The summed E-state index contributed by atoms with van der Waals surface area (Å²) in [6.45, 7) is 13.3. The number of fused-ring (bicyclic) bond motifs is 1. The van der Waals surface area contributed by atoms with Gasteiger partial charge in [-0.05, 0) is 91.6 Å². The second kappa shape index (κ2) is 10.0. The molecule has 0 spiro atoms. The molecular weight excluding hydrogens is 368 g/mol. The topological polar surface area (TPSA) is 40.5 Å². The number of aliphatic hydroxyl groups excluding tert-OH is 2. The molecule has 3 saturated carbocycles. The molecule has 2 N–H and O–H groups in total. The summed E-state index contributed by atoms with van der Waals surface area (Å²) in [5.41, 5.74) is 4.15. The molecule has 0 aromatic heterocycles. The monoisotopic (exact) mass is 412 g/mol. The summed E-state index contributed by atoms with van der Waals surface area (Å²) in [5.74, 6) is 2.19. The van der Waals surface area contributed by atoms with Crippen molar-refractivity contribution >= 4 is 0 Å². The Morgan fingerprint density at radius 1 is 1.10 bits per heavy atom. The van der Waals surface area contributed by atoms with E-state index in [-0.39, 0.29) is 12.2 Å². The highest BCUT2D eigenvalue weighted by atomic mass is 16.3. The first-order valence-electron chi connectivity index (χ1n) is 12.4. The van der Waals surface area contributed by atoms with Crippen molar-refractivity contribution < 1.29 is 10.2 Å². The minimum atomic E-state index is -0.353. The lowest BCUT2D eigenvalue weighted by Crippen LogP contribution is -2.35. The smallest absolute Gasteiger partial charge is 0.0787 e. The van der Waals surface area contributed by atoms with Crippen molar-refractivity contribution in [3.05, 3.63) is 47.6 Å². The van der Waals surface area contributed by atoms with Crippen LogP contribution in [0, 0.1) is 29.1 Å². The zero-order valence-electron chi connectivity index (χ0n) is 19.7. The largest absolute Gasteiger partial charge is 0.389 e. The van der Waals surface area contributed by atoms with Gasteiger partial charge in [0.2, 0.25) is 0 Å². The summed E-state index contributed by atoms with van der Waals surface area (Å²) in [7, 11) is 0. The lowest BCUT2D eigenvalue weighted by atomic mass is 9.61. The Morgan fingerprint density at radius 3 is 2.60 bits per heavy atom. The van der Waals surface area contributed by atoms with Gasteiger partial charge >= 0.3 is 0 Å². The van der Waals surface area contributed by atoms with E-state index >= 15 is 0 Å². The number of hydrogen-bond donors (Lipinski definition) is 2. The molecule has 3 aliphatic rings. The van der Waals surface area contributed by atoms with Crippen LogP contribution in [-0.4, -0.2) is 22.4 Å². The summed E-state index contributed by atoms with van der Waals surface area (Å²) in [6, 6.07) is 0. The first-order valence-corrected chi connectivity index (χ1v) is 12.4. The average Bonchev–Trinajstić information content (AvgIpc) is 3.09. The molecule has 0 saturated heterocycles. The molecule has 0 radical (unpaired) electrons. The quantitative estimate of drug-likeness (QED) is 0.473. The van der Waals surface area contributed by atoms with Crippen LogP contribution in [0.1, 0.15) is 85.5 Å². The Bertz CT molecular complexity index is 699. The third-order valence-corrected chi connectivity index (χ3v) is 8.75. The van der Waals surface area contributed by atoms with Crippen LogP contribution in [0.5, 0.6) is 0 Å². The molecule has 0 aliphatic heterocycles. The highest BCUT2D eigenvalue weighted by Gasteiger charge is 2.50. The normalized spacial score (nSPS) is 38.2. The van der Waals surface area contributed by atoms with Gasteiger partial charge in [-0.3, -0.25) is 0 Å². The second-order valence-corrected chi connectivity index (χ2v) is 10.6. The minimum absolute atomic E-state index is 0.324. The van der Waals surface area contributed by atoms with Crippen molar-refractivity contribution in [3.63, 3.8) is 0 Å². The molecule has 0 heterocycles. The van der Waals surface area contributed by atoms with Crippen LogP contribution in [-0.2, 0) is 0 Å². The zero-order valence-corrected chi connectivity index (χ0v) is 19.7. The summed E-state index contributed by atoms with van der Waals surface area (Å²) in [5, 5.41) is 20.5. The van der Waals surface area contributed by atoms with Crippen molar-refractivity contribution in [2.24, 2.45) is 29.1 Å². The van der Waals surface area contributed by atoms with Crippen molar-refractivity contribution in [1.29, 1.82) is 0 Å². The third-order valence-electron chi connectivity index (χ3n) is 8.75. The van der Waals surface area contributed by atoms with Gasteiger partial charge in [-0.2, -0.15) is 0 Å². The van der Waals surface area contributed by atoms with E-state index in [2.05, 4.69) is 58.6 Å². The van der Waals surface area contributed by atoms with Gasteiger partial charge in [-0.1, -0.05) is 70.6 Å². The molecule has 3 rings (SSSR count). The maximum absolute atomic E-state index is 10.4. The van der Waals surface area contributed by atoms with Crippen LogP contribution < -0.4 is 0 Å². The van der Waals surface area contributed by atoms with Gasteiger partial charge in [0.15, 0.2) is 0 Å². The van der Waals surface area contributed by atoms with Crippen LogP contribution in [0.25, 0.3) is 0 Å². The molecule has 0 bridgehead atoms. The average molecular weight is 413 g/mol. The van der Waals surface area contributed by atoms with Gasteiger partial charge in [0.25, 0.3) is 0 Å². The van der Waals surface area contributed by atoms with Gasteiger partial charge in [-0.25, -0.2) is 0 Å². The van der Waals surface area contributed by atoms with Gasteiger partial charge < -0.3 is 10.2 Å². The fraction of sp³-hybridized carbons (Fsp3) is 0.714. The van der Waals surface area contributed by atoms with Crippen molar-refractivity contribution in [3.8, 4) is 0 Å². The molecular formula is C28H44O2. The highest BCUT2D eigenvalue weighted by molar-refractivity contribution is 5.37. The Labute approximate surface area is 184 Å². The molecule has 6 unspecified atom stereocenters. The number of allylic oxidation sites excluding steroid dienone is 4. The Kier molecular flexibility index (Phi) is 7.85. The van der Waals surface area contributed by atoms with E-state index in [0.29, 0.717) is 29.1 Å². The number of aliphatic hydroxyl groups is 2. The van der Waals surface area contributed by atoms with E-state index in [1.165, 1.54) is 37.7 Å². The second-order valence-electron chi connectivity index (χ2n) is 10.6. The van der Waals surface area contributed by atoms with Crippen LogP contribution in [0.2, 0.25) is 0 Å². The van der Waals surface area contributed by atoms with E-state index in [1.807, 2.05) is 0 Å². The van der Waals surface area contributed by atoms with E-state index in [4.69, 9.17) is 0 Å². The van der Waals surface area contributed by atoms with Crippen molar-refractivity contribution in [2.45, 2.75) is 97.7 Å². The summed E-state index contributed by atoms with van der Waals surface area (Å²) < 4.78 is 0. The molecule has 168 valence electrons. The van der Waals surface area contributed by atoms with E-state index < -0.39 is 0 Å². The van der Waals surface area contributed by atoms with Gasteiger partial charge in [0.1, 0.15) is 0 Å². The van der Waals surface area contributed by atoms with Gasteiger partial charge in [-0.15, -0.1) is 0 Å². The summed E-state index contributed by atoms with van der Waals surface area (Å²) in [4.78, 5) is 0. The van der Waals surface area contributed by atoms with Crippen LogP contribution in [0.3, 0.4) is 0 Å². The fourth-order valence-electron chi connectivity index (χ4n) is 6.43. The summed E-state index contributed by atoms with van der Waals surface area (Å²) in [6.07, 6.45) is 18.7. The maximum atomic E-state index is 10.4. The van der Waals surface area contributed by atoms with Crippen molar-refractivity contribution in [1.82, 2.24) is 0 Å². The first kappa shape index (κ1) is 23.5. The van der Waals surface area contributed by atoms with E-state index in [9.17, 15) is 10.2 Å². The lowest BCUT2D eigenvalue weighted by molar-refractivity contribution is 0.111. The van der Waals surface area contributed by atoms with Gasteiger partial charge in [0.05, 0.1) is 12.2 Å². The molecule has 3 fully saturated rings. The summed E-state index contributed by atoms with van der Waals surface area (Å²) >= 11 is 0. The Balaban J connectivity index is 1.73. The molecule has 0 amide bonds. The molecule has 2 heteroatoms. The molecule has 0 aromatic carbocycles. The SMILES string of the molecule is C=C1/C(=C\C=C2/CCCC3(C)C2CCC3[C@H](C)/C=C/C(O)C(C)CC)CCCC1O. The zero-order chi connectivity index (χ0) is 21.9. The molecule has 7 atom stereocenters. The minimum Gasteiger partial charge on any atom is -0.389 e. The first-order chi connectivity index (χ1) is 14.3. The van der Waals surface area contributed by atoms with E-state index in [0.717, 1.165) is 31.3 Å². The maximum Gasteiger partial charge on any atom is 0.0787 e. The van der Waals surface area contributed by atoms with Crippen LogP contribution >= 0.6 is 0 Å². The van der Waals surface area contributed by atoms with Gasteiger partial charge in [0, 0.05) is 0 Å². The molecule has 0 aromatic rings. The predicted octanol–water partition coefficient (Wildman–Crippen LogP) is 6.76. The Hall–Kier alpha value is -1.12. The third kappa shape index (κ3) is 4.86. The molecule has 30 heavy (non-hydrogen) atoms. The predicted molar refractivity (Wildman–Crippen MR) is 127 cm³/mol. The molecule has 3 aliphatic carbocycles.